The molecule has 0 atom stereocenters. The summed E-state index contributed by atoms with van der Waals surface area (Å²) in [5.74, 6) is -2.50. The third-order valence-corrected chi connectivity index (χ3v) is 0. The zero-order chi connectivity index (χ0) is 14.7. The van der Waals surface area contributed by atoms with E-state index in [-0.39, 0.29) is 0 Å². The maximum absolute atomic E-state index is 9.00. The maximum Gasteiger partial charge on any atom is 0.300 e. The quantitative estimate of drug-likeness (QED) is 0.553. The Kier molecular flexibility index (Phi) is 70.1. The number of hydrogen-bond donors (Lipinski definition) is 3. The minimum atomic E-state index is -0.833. The van der Waals surface area contributed by atoms with Crippen molar-refractivity contribution in [1.82, 2.24) is 0 Å². The van der Waals surface area contributed by atoms with Crippen LogP contribution in [0.2, 0.25) is 0 Å². The molecule has 0 aromatic heterocycles. The van der Waals surface area contributed by atoms with E-state index in [1.165, 1.54) is 0 Å². The van der Waals surface area contributed by atoms with Crippen molar-refractivity contribution in [2.24, 2.45) is 0 Å². The molecule has 16 heavy (non-hydrogen) atoms. The van der Waals surface area contributed by atoms with Crippen molar-refractivity contribution >= 4 is 17.9 Å². The van der Waals surface area contributed by atoms with E-state index < -0.39 is 17.9 Å². The van der Waals surface area contributed by atoms with Gasteiger partial charge in [-0.05, 0) is 0 Å². The Morgan fingerprint density at radius 2 is 0.625 bits per heavy atom. The summed E-state index contributed by atoms with van der Waals surface area (Å²) < 4.78 is 0. The molecule has 3 N–H and O–H groups in total. The fourth-order valence-electron chi connectivity index (χ4n) is 0. The molecule has 0 fully saturated rings. The van der Waals surface area contributed by atoms with Crippen LogP contribution < -0.4 is 0 Å². The number of carboxylic acids is 3. The molecule has 0 aliphatic heterocycles. The van der Waals surface area contributed by atoms with Crippen LogP contribution in [-0.2, 0) is 14.4 Å². The van der Waals surface area contributed by atoms with Crippen LogP contribution >= 0.6 is 0 Å². The van der Waals surface area contributed by atoms with E-state index in [0.717, 1.165) is 20.8 Å². The molecule has 0 bridgehead atoms. The smallest absolute Gasteiger partial charge is 0.300 e. The molecule has 0 aliphatic rings. The third-order valence-electron chi connectivity index (χ3n) is 0. The Balaban J connectivity index is -0.0000000327. The van der Waals surface area contributed by atoms with Crippen LogP contribution in [0.4, 0.5) is 0 Å². The van der Waals surface area contributed by atoms with Crippen LogP contribution in [0.5, 0.6) is 0 Å². The lowest BCUT2D eigenvalue weighted by molar-refractivity contribution is -0.135. The first-order valence-corrected chi connectivity index (χ1v) is 3.78. The molecule has 0 unspecified atom stereocenters. The minimum Gasteiger partial charge on any atom is -0.481 e. The lowest BCUT2D eigenvalue weighted by Crippen LogP contribution is -1.78. The van der Waals surface area contributed by atoms with Gasteiger partial charge in [-0.25, -0.2) is 0 Å². The van der Waals surface area contributed by atoms with E-state index in [1.54, 1.807) is 0 Å². The van der Waals surface area contributed by atoms with Crippen LogP contribution in [-0.4, -0.2) is 33.2 Å². The number of rotatable bonds is 0. The van der Waals surface area contributed by atoms with Gasteiger partial charge in [0.2, 0.25) is 0 Å². The standard InChI is InChI=1S/3C2H4O2.2C2H4/c3*1-2(3)4;2*1-2/h3*1H3,(H,3,4);2*1-2H2. The highest BCUT2D eigenvalue weighted by atomic mass is 16.4. The van der Waals surface area contributed by atoms with E-state index >= 15 is 0 Å². The van der Waals surface area contributed by atoms with Gasteiger partial charge in [0.1, 0.15) is 0 Å². The van der Waals surface area contributed by atoms with Crippen LogP contribution in [0, 0.1) is 0 Å². The molecule has 6 heteroatoms. The predicted molar refractivity (Wildman–Crippen MR) is 62.4 cm³/mol. The molecule has 0 amide bonds. The normalized spacial score (nSPS) is 5.19. The fourth-order valence-corrected chi connectivity index (χ4v) is 0. The summed E-state index contributed by atoms with van der Waals surface area (Å²) in [5, 5.41) is 22.2. The summed E-state index contributed by atoms with van der Waals surface area (Å²) in [5.41, 5.74) is 0. The summed E-state index contributed by atoms with van der Waals surface area (Å²) >= 11 is 0. The average Bonchev–Trinajstić information content (AvgIpc) is 2.07. The van der Waals surface area contributed by atoms with Gasteiger partial charge in [0, 0.05) is 20.8 Å². The molecule has 0 aliphatic carbocycles. The molecule has 0 aromatic carbocycles. The predicted octanol–water partition coefficient (Wildman–Crippen LogP) is 1.88. The van der Waals surface area contributed by atoms with E-state index in [1.807, 2.05) is 0 Å². The summed E-state index contributed by atoms with van der Waals surface area (Å²) in [6.07, 6.45) is 0. The summed E-state index contributed by atoms with van der Waals surface area (Å²) in [6.45, 7) is 15.3. The molecular weight excluding hydrogens is 216 g/mol. The van der Waals surface area contributed by atoms with E-state index in [0.29, 0.717) is 0 Å². The van der Waals surface area contributed by atoms with Gasteiger partial charge in [-0.15, -0.1) is 26.3 Å². The SMILES string of the molecule is C=C.C=C.CC(=O)O.CC(=O)O.CC(=O)O. The van der Waals surface area contributed by atoms with Crippen LogP contribution in [0.3, 0.4) is 0 Å². The van der Waals surface area contributed by atoms with Crippen molar-refractivity contribution < 1.29 is 29.7 Å². The Labute approximate surface area is 95.5 Å². The highest BCUT2D eigenvalue weighted by molar-refractivity contribution is 5.63. The Morgan fingerprint density at radius 1 is 0.625 bits per heavy atom. The second-order valence-corrected chi connectivity index (χ2v) is 1.56. The first-order valence-electron chi connectivity index (χ1n) is 3.78. The maximum atomic E-state index is 9.00. The largest absolute Gasteiger partial charge is 0.481 e. The molecule has 0 heterocycles. The van der Waals surface area contributed by atoms with Crippen molar-refractivity contribution in [3.63, 3.8) is 0 Å². The molecule has 0 saturated carbocycles. The van der Waals surface area contributed by atoms with Crippen LogP contribution in [0.25, 0.3) is 0 Å². The van der Waals surface area contributed by atoms with E-state index in [9.17, 15) is 0 Å². The van der Waals surface area contributed by atoms with Gasteiger partial charge in [0.15, 0.2) is 0 Å². The van der Waals surface area contributed by atoms with Gasteiger partial charge >= 0.3 is 0 Å². The van der Waals surface area contributed by atoms with Gasteiger partial charge in [-0.3, -0.25) is 14.4 Å². The minimum absolute atomic E-state index is 0.833. The number of carboxylic acid groups (broad SMARTS) is 3. The van der Waals surface area contributed by atoms with Crippen molar-refractivity contribution in [2.75, 3.05) is 0 Å². The highest BCUT2D eigenvalue weighted by Gasteiger charge is 1.66. The molecule has 0 rings (SSSR count). The summed E-state index contributed by atoms with van der Waals surface area (Å²) in [4.78, 5) is 27.0. The topological polar surface area (TPSA) is 112 Å². The van der Waals surface area contributed by atoms with Crippen molar-refractivity contribution in [3.8, 4) is 0 Å². The highest BCUT2D eigenvalue weighted by Crippen LogP contribution is 1.42. The molecule has 0 aromatic rings. The molecule has 0 radical (unpaired) electrons. The first kappa shape index (κ1) is 29.2. The zero-order valence-corrected chi connectivity index (χ0v) is 9.89. The van der Waals surface area contributed by atoms with E-state index in [2.05, 4.69) is 26.3 Å². The number of aliphatic carboxylic acids is 3. The van der Waals surface area contributed by atoms with Gasteiger partial charge < -0.3 is 15.3 Å². The summed E-state index contributed by atoms with van der Waals surface area (Å²) in [7, 11) is 0. The molecule has 6 nitrogen and oxygen atoms in total. The van der Waals surface area contributed by atoms with Gasteiger partial charge in [-0.1, -0.05) is 0 Å². The average molecular weight is 236 g/mol. The molecule has 96 valence electrons. The summed E-state index contributed by atoms with van der Waals surface area (Å²) in [6, 6.07) is 0. The fraction of sp³-hybridized carbons (Fsp3) is 0.300. The van der Waals surface area contributed by atoms with Crippen molar-refractivity contribution in [3.05, 3.63) is 26.3 Å². The second-order valence-electron chi connectivity index (χ2n) is 1.56. The van der Waals surface area contributed by atoms with Gasteiger partial charge in [0.25, 0.3) is 17.9 Å². The Bertz CT molecular complexity index is 134. The van der Waals surface area contributed by atoms with Crippen molar-refractivity contribution in [2.45, 2.75) is 20.8 Å². The number of hydrogen-bond acceptors (Lipinski definition) is 3. The van der Waals surface area contributed by atoms with Crippen molar-refractivity contribution in [1.29, 1.82) is 0 Å². The second kappa shape index (κ2) is 38.4. The Morgan fingerprint density at radius 3 is 0.625 bits per heavy atom. The van der Waals surface area contributed by atoms with E-state index in [4.69, 9.17) is 29.7 Å². The third kappa shape index (κ3) is 317. The number of carbonyl (C=O) groups is 3. The first-order chi connectivity index (χ1) is 7.20. The molecule has 0 saturated heterocycles. The monoisotopic (exact) mass is 236 g/mol. The lowest BCUT2D eigenvalue weighted by Gasteiger charge is -1.59. The molecule has 0 spiro atoms. The van der Waals surface area contributed by atoms with Gasteiger partial charge in [0.05, 0.1) is 0 Å². The zero-order valence-electron chi connectivity index (χ0n) is 9.89. The molecular formula is C10H20O6. The van der Waals surface area contributed by atoms with Crippen LogP contribution in [0.15, 0.2) is 26.3 Å². The van der Waals surface area contributed by atoms with Crippen LogP contribution in [0.1, 0.15) is 20.8 Å². The Hall–Kier alpha value is -2.11. The lowest BCUT2D eigenvalue weighted by atomic mass is 10.9. The van der Waals surface area contributed by atoms with Gasteiger partial charge in [-0.2, -0.15) is 0 Å².